The zero-order chi connectivity index (χ0) is 23.7. The van der Waals surface area contributed by atoms with Crippen molar-refractivity contribution in [2.45, 2.75) is 64.8 Å². The number of fused-ring (bicyclic) bond motifs is 1. The third-order valence-corrected chi connectivity index (χ3v) is 5.81. The second kappa shape index (κ2) is 11.7. The van der Waals surface area contributed by atoms with Gasteiger partial charge in [0.1, 0.15) is 11.6 Å². The van der Waals surface area contributed by atoms with E-state index in [1.54, 1.807) is 0 Å². The lowest BCUT2D eigenvalue weighted by molar-refractivity contribution is -0.116. The van der Waals surface area contributed by atoms with Crippen LogP contribution in [0.2, 0.25) is 0 Å². The lowest BCUT2D eigenvalue weighted by Gasteiger charge is -2.19. The number of hydrogen-bond acceptors (Lipinski definition) is 3. The molecule has 0 bridgehead atoms. The average Bonchev–Trinajstić information content (AvgIpc) is 3.15. The number of carbonyl (C=O) groups is 1. The number of carbonyl (C=O) groups excluding carboxylic acids is 1. The first-order valence-corrected chi connectivity index (χ1v) is 12.0. The van der Waals surface area contributed by atoms with Crippen LogP contribution in [0.5, 0.6) is 5.75 Å². The summed E-state index contributed by atoms with van der Waals surface area (Å²) >= 11 is 0. The minimum atomic E-state index is -0.107. The van der Waals surface area contributed by atoms with Crippen molar-refractivity contribution < 1.29 is 9.53 Å². The number of nitrogens with one attached hydrogen (secondary N) is 1. The maximum absolute atomic E-state index is 11.2. The number of aromatic nitrogens is 2. The first-order chi connectivity index (χ1) is 15.9. The highest BCUT2D eigenvalue weighted by Crippen LogP contribution is 2.24. The Morgan fingerprint density at radius 2 is 1.82 bits per heavy atom. The fourth-order valence-electron chi connectivity index (χ4n) is 3.90. The molecule has 0 atom stereocenters. The van der Waals surface area contributed by atoms with E-state index in [-0.39, 0.29) is 11.3 Å². The molecule has 3 rings (SSSR count). The maximum Gasteiger partial charge on any atom is 0.243 e. The van der Waals surface area contributed by atoms with E-state index in [2.05, 4.69) is 79.7 Å². The Morgan fingerprint density at radius 1 is 1.06 bits per heavy atom. The van der Waals surface area contributed by atoms with E-state index < -0.39 is 0 Å². The molecule has 1 heterocycles. The number of amides is 1. The molecule has 5 nitrogen and oxygen atoms in total. The van der Waals surface area contributed by atoms with Gasteiger partial charge in [0.15, 0.2) is 0 Å². The van der Waals surface area contributed by atoms with E-state index >= 15 is 0 Å². The van der Waals surface area contributed by atoms with Crippen LogP contribution in [0.15, 0.2) is 61.2 Å². The Balaban J connectivity index is 1.51. The van der Waals surface area contributed by atoms with Gasteiger partial charge < -0.3 is 14.6 Å². The fourth-order valence-corrected chi connectivity index (χ4v) is 3.90. The van der Waals surface area contributed by atoms with E-state index in [0.717, 1.165) is 55.7 Å². The van der Waals surface area contributed by atoms with Crippen LogP contribution in [0.1, 0.15) is 57.8 Å². The van der Waals surface area contributed by atoms with Crippen LogP contribution >= 0.6 is 0 Å². The van der Waals surface area contributed by atoms with Crippen LogP contribution in [0.3, 0.4) is 0 Å². The van der Waals surface area contributed by atoms with Crippen molar-refractivity contribution in [1.82, 2.24) is 14.9 Å². The predicted octanol–water partition coefficient (Wildman–Crippen LogP) is 5.82. The zero-order valence-electron chi connectivity index (χ0n) is 20.3. The van der Waals surface area contributed by atoms with Crippen molar-refractivity contribution in [3.05, 3.63) is 72.6 Å². The summed E-state index contributed by atoms with van der Waals surface area (Å²) in [7, 11) is 0. The maximum atomic E-state index is 11.2. The van der Waals surface area contributed by atoms with Crippen molar-refractivity contribution in [3.63, 3.8) is 0 Å². The minimum absolute atomic E-state index is 0.107. The lowest BCUT2D eigenvalue weighted by Crippen LogP contribution is -2.21. The molecule has 0 aliphatic rings. The van der Waals surface area contributed by atoms with Crippen molar-refractivity contribution in [2.75, 3.05) is 13.2 Å². The Hall–Kier alpha value is -3.08. The Kier molecular flexibility index (Phi) is 8.70. The number of para-hydroxylation sites is 2. The largest absolute Gasteiger partial charge is 0.494 e. The van der Waals surface area contributed by atoms with Gasteiger partial charge in [-0.3, -0.25) is 4.79 Å². The monoisotopic (exact) mass is 447 g/mol. The first-order valence-electron chi connectivity index (χ1n) is 12.0. The minimum Gasteiger partial charge on any atom is -0.494 e. The van der Waals surface area contributed by atoms with Gasteiger partial charge in [-0.05, 0) is 60.6 Å². The smallest absolute Gasteiger partial charge is 0.243 e. The molecule has 176 valence electrons. The highest BCUT2D eigenvalue weighted by atomic mass is 16.5. The molecular weight excluding hydrogens is 410 g/mol. The summed E-state index contributed by atoms with van der Waals surface area (Å²) in [6.45, 7) is 12.4. The standard InChI is InChI=1S/C28H37N3O2/c1-5-27(32)29-19-10-6-7-14-26-30-24-12-8-9-13-25(24)31(26)20-11-21-33-23-17-15-22(16-18-23)28(2,3)4/h5,8-9,12-13,15-18H,1,6-7,10-11,14,19-21H2,2-4H3,(H,29,32). The molecule has 0 saturated heterocycles. The Labute approximate surface area is 197 Å². The number of hydrogen-bond donors (Lipinski definition) is 1. The summed E-state index contributed by atoms with van der Waals surface area (Å²) in [6.07, 6.45) is 6.22. The van der Waals surface area contributed by atoms with E-state index in [0.29, 0.717) is 13.2 Å². The number of imidazole rings is 1. The molecule has 1 aromatic heterocycles. The summed E-state index contributed by atoms with van der Waals surface area (Å²) in [5, 5.41) is 2.83. The highest BCUT2D eigenvalue weighted by Gasteiger charge is 2.13. The topological polar surface area (TPSA) is 56.2 Å². The SMILES string of the molecule is C=CC(=O)NCCCCCc1nc2ccccc2n1CCCOc1ccc(C(C)(C)C)cc1. The van der Waals surface area contributed by atoms with Crippen molar-refractivity contribution in [3.8, 4) is 5.75 Å². The Bertz CT molecular complexity index is 1050. The van der Waals surface area contributed by atoms with Crippen molar-refractivity contribution in [2.24, 2.45) is 0 Å². The van der Waals surface area contributed by atoms with Crippen LogP contribution in [-0.4, -0.2) is 28.6 Å². The molecule has 0 saturated carbocycles. The molecule has 2 aromatic carbocycles. The fraction of sp³-hybridized carbons (Fsp3) is 0.429. The molecule has 0 fully saturated rings. The van der Waals surface area contributed by atoms with Gasteiger partial charge in [0, 0.05) is 19.5 Å². The summed E-state index contributed by atoms with van der Waals surface area (Å²) in [4.78, 5) is 16.1. The van der Waals surface area contributed by atoms with Crippen LogP contribution in [-0.2, 0) is 23.2 Å². The number of aryl methyl sites for hydroxylation is 2. The second-order valence-corrected chi connectivity index (χ2v) is 9.45. The van der Waals surface area contributed by atoms with Gasteiger partial charge in [-0.2, -0.15) is 0 Å². The van der Waals surface area contributed by atoms with Crippen LogP contribution in [0.25, 0.3) is 11.0 Å². The summed E-state index contributed by atoms with van der Waals surface area (Å²) in [6, 6.07) is 16.8. The molecule has 33 heavy (non-hydrogen) atoms. The number of unbranched alkanes of at least 4 members (excludes halogenated alkanes) is 2. The third-order valence-electron chi connectivity index (χ3n) is 5.81. The Morgan fingerprint density at radius 3 is 2.55 bits per heavy atom. The van der Waals surface area contributed by atoms with Crippen molar-refractivity contribution >= 4 is 16.9 Å². The van der Waals surface area contributed by atoms with Crippen molar-refractivity contribution in [1.29, 1.82) is 0 Å². The molecule has 0 unspecified atom stereocenters. The zero-order valence-corrected chi connectivity index (χ0v) is 20.3. The lowest BCUT2D eigenvalue weighted by atomic mass is 9.87. The molecule has 0 aliphatic heterocycles. The molecule has 1 amide bonds. The molecule has 0 radical (unpaired) electrons. The molecule has 1 N–H and O–H groups in total. The van der Waals surface area contributed by atoms with E-state index in [1.165, 1.54) is 17.2 Å². The normalized spacial score (nSPS) is 11.5. The van der Waals surface area contributed by atoms with Gasteiger partial charge >= 0.3 is 0 Å². The summed E-state index contributed by atoms with van der Waals surface area (Å²) < 4.78 is 8.34. The number of benzene rings is 2. The van der Waals surface area contributed by atoms with Gasteiger partial charge in [0.2, 0.25) is 5.91 Å². The summed E-state index contributed by atoms with van der Waals surface area (Å²) in [5.41, 5.74) is 3.69. The van der Waals surface area contributed by atoms with Crippen LogP contribution in [0, 0.1) is 0 Å². The molecule has 3 aromatic rings. The van der Waals surface area contributed by atoms with Gasteiger partial charge in [0.05, 0.1) is 17.6 Å². The number of ether oxygens (including phenoxy) is 1. The van der Waals surface area contributed by atoms with Gasteiger partial charge in [-0.15, -0.1) is 0 Å². The van der Waals surface area contributed by atoms with Crippen LogP contribution in [0.4, 0.5) is 0 Å². The molecule has 0 spiro atoms. The second-order valence-electron chi connectivity index (χ2n) is 9.45. The average molecular weight is 448 g/mol. The molecule has 5 heteroatoms. The number of rotatable bonds is 12. The first kappa shape index (κ1) is 24.6. The van der Waals surface area contributed by atoms with Gasteiger partial charge in [-0.25, -0.2) is 4.98 Å². The van der Waals surface area contributed by atoms with E-state index in [9.17, 15) is 4.79 Å². The summed E-state index contributed by atoms with van der Waals surface area (Å²) in [5.74, 6) is 1.94. The quantitative estimate of drug-likeness (QED) is 0.281. The van der Waals surface area contributed by atoms with Crippen LogP contribution < -0.4 is 10.1 Å². The van der Waals surface area contributed by atoms with E-state index in [1.807, 2.05) is 6.07 Å². The molecule has 0 aliphatic carbocycles. The van der Waals surface area contributed by atoms with Gasteiger partial charge in [0.25, 0.3) is 0 Å². The highest BCUT2D eigenvalue weighted by molar-refractivity contribution is 5.86. The molecular formula is C28H37N3O2. The third kappa shape index (κ3) is 7.21. The number of nitrogens with zero attached hydrogens (tertiary/aromatic N) is 2. The predicted molar refractivity (Wildman–Crippen MR) is 136 cm³/mol. The van der Waals surface area contributed by atoms with E-state index in [4.69, 9.17) is 9.72 Å². The van der Waals surface area contributed by atoms with Gasteiger partial charge in [-0.1, -0.05) is 58.0 Å².